The molecule has 5 heteroatoms. The van der Waals surface area contributed by atoms with Gasteiger partial charge in [0.05, 0.1) is 19.7 Å². The molecule has 0 radical (unpaired) electrons. The maximum atomic E-state index is 13.0. The third-order valence-electron chi connectivity index (χ3n) is 5.67. The van der Waals surface area contributed by atoms with Crippen LogP contribution in [0.1, 0.15) is 42.4 Å². The van der Waals surface area contributed by atoms with Gasteiger partial charge in [-0.05, 0) is 61.5 Å². The Balaban J connectivity index is 0.00000272. The fourth-order valence-electron chi connectivity index (χ4n) is 4.08. The Morgan fingerprint density at radius 1 is 0.968 bits per heavy atom. The molecule has 0 unspecified atom stereocenters. The SMILES string of the molecule is C.CCc1nc2ccc(C)cc2cc1Cc1c(=O)[nH]c(C)c2cc(OC)c(OC)cc12. The molecule has 0 aliphatic rings. The van der Waals surface area contributed by atoms with Crippen LogP contribution in [0.4, 0.5) is 0 Å². The van der Waals surface area contributed by atoms with Gasteiger partial charge in [0.2, 0.25) is 0 Å². The molecule has 1 N–H and O–H groups in total. The van der Waals surface area contributed by atoms with Crippen LogP contribution in [0.5, 0.6) is 11.5 Å². The summed E-state index contributed by atoms with van der Waals surface area (Å²) < 4.78 is 11.0. The standard InChI is InChI=1S/C25H26N2O3.CH4/c1-6-21-17(10-16-9-14(2)7-8-22(16)27-21)11-20-19-13-24(30-5)23(29-4)12-18(19)15(3)26-25(20)28;/h7-10,12-13H,6,11H2,1-5H3,(H,26,28);1H4. The molecule has 4 aromatic rings. The molecule has 31 heavy (non-hydrogen) atoms. The van der Waals surface area contributed by atoms with E-state index >= 15 is 0 Å². The van der Waals surface area contributed by atoms with Crippen LogP contribution in [-0.2, 0) is 12.8 Å². The van der Waals surface area contributed by atoms with Crippen LogP contribution in [0.15, 0.2) is 41.2 Å². The van der Waals surface area contributed by atoms with Crippen molar-refractivity contribution in [3.05, 3.63) is 74.8 Å². The summed E-state index contributed by atoms with van der Waals surface area (Å²) in [5, 5.41) is 2.92. The van der Waals surface area contributed by atoms with Crippen LogP contribution in [0.3, 0.4) is 0 Å². The third kappa shape index (κ3) is 4.00. The van der Waals surface area contributed by atoms with Crippen molar-refractivity contribution in [1.82, 2.24) is 9.97 Å². The van der Waals surface area contributed by atoms with Crippen LogP contribution in [0.2, 0.25) is 0 Å². The first kappa shape index (κ1) is 22.3. The van der Waals surface area contributed by atoms with E-state index in [2.05, 4.69) is 43.1 Å². The van der Waals surface area contributed by atoms with Gasteiger partial charge in [0.25, 0.3) is 5.56 Å². The van der Waals surface area contributed by atoms with E-state index in [0.29, 0.717) is 23.5 Å². The molecule has 0 spiro atoms. The molecule has 0 amide bonds. The van der Waals surface area contributed by atoms with Crippen molar-refractivity contribution in [2.45, 2.75) is 41.0 Å². The van der Waals surface area contributed by atoms with E-state index < -0.39 is 0 Å². The van der Waals surface area contributed by atoms with E-state index in [-0.39, 0.29) is 13.0 Å². The first-order valence-corrected chi connectivity index (χ1v) is 10.1. The molecule has 0 saturated carbocycles. The number of benzene rings is 2. The van der Waals surface area contributed by atoms with Gasteiger partial charge in [-0.25, -0.2) is 0 Å². The number of aromatic nitrogens is 2. The quantitative estimate of drug-likeness (QED) is 0.465. The van der Waals surface area contributed by atoms with Gasteiger partial charge in [-0.15, -0.1) is 0 Å². The average Bonchev–Trinajstić information content (AvgIpc) is 2.74. The number of hydrogen-bond donors (Lipinski definition) is 1. The molecule has 0 bridgehead atoms. The lowest BCUT2D eigenvalue weighted by Gasteiger charge is -2.15. The Hall–Kier alpha value is -3.34. The van der Waals surface area contributed by atoms with Crippen LogP contribution in [0, 0.1) is 13.8 Å². The lowest BCUT2D eigenvalue weighted by atomic mass is 9.96. The first-order chi connectivity index (χ1) is 14.4. The molecule has 162 valence electrons. The molecule has 0 fully saturated rings. The maximum absolute atomic E-state index is 13.0. The molecule has 2 aromatic heterocycles. The van der Waals surface area contributed by atoms with Crippen molar-refractivity contribution in [2.24, 2.45) is 0 Å². The number of aromatic amines is 1. The summed E-state index contributed by atoms with van der Waals surface area (Å²) in [6.45, 7) is 6.07. The number of nitrogens with one attached hydrogen (secondary N) is 1. The Morgan fingerprint density at radius 3 is 2.29 bits per heavy atom. The molecule has 2 heterocycles. The largest absolute Gasteiger partial charge is 0.493 e. The highest BCUT2D eigenvalue weighted by Crippen LogP contribution is 2.34. The molecular weight excluding hydrogens is 388 g/mol. The topological polar surface area (TPSA) is 64.2 Å². The van der Waals surface area contributed by atoms with Crippen molar-refractivity contribution in [3.8, 4) is 11.5 Å². The minimum Gasteiger partial charge on any atom is -0.493 e. The summed E-state index contributed by atoms with van der Waals surface area (Å²) >= 11 is 0. The maximum Gasteiger partial charge on any atom is 0.252 e. The molecule has 2 aromatic carbocycles. The number of fused-ring (bicyclic) bond motifs is 2. The van der Waals surface area contributed by atoms with Gasteiger partial charge in [-0.1, -0.05) is 26.0 Å². The predicted octanol–water partition coefficient (Wildman–Crippen LogP) is 5.50. The highest BCUT2D eigenvalue weighted by atomic mass is 16.5. The van der Waals surface area contributed by atoms with Crippen LogP contribution in [0.25, 0.3) is 21.7 Å². The van der Waals surface area contributed by atoms with E-state index in [0.717, 1.165) is 45.0 Å². The second-order valence-electron chi connectivity index (χ2n) is 7.63. The lowest BCUT2D eigenvalue weighted by molar-refractivity contribution is 0.356. The number of methoxy groups -OCH3 is 2. The summed E-state index contributed by atoms with van der Waals surface area (Å²) in [5.41, 5.74) is 5.69. The van der Waals surface area contributed by atoms with Crippen LogP contribution in [-0.4, -0.2) is 24.2 Å². The van der Waals surface area contributed by atoms with Crippen molar-refractivity contribution >= 4 is 21.7 Å². The van der Waals surface area contributed by atoms with E-state index in [1.807, 2.05) is 19.1 Å². The number of hydrogen-bond acceptors (Lipinski definition) is 4. The fourth-order valence-corrected chi connectivity index (χ4v) is 4.08. The van der Waals surface area contributed by atoms with Crippen LogP contribution >= 0.6 is 0 Å². The summed E-state index contributed by atoms with van der Waals surface area (Å²) in [6.07, 6.45) is 1.31. The number of pyridine rings is 2. The highest BCUT2D eigenvalue weighted by molar-refractivity contribution is 5.91. The molecule has 5 nitrogen and oxygen atoms in total. The number of ether oxygens (including phenoxy) is 2. The molecule has 0 saturated heterocycles. The zero-order valence-corrected chi connectivity index (χ0v) is 18.1. The summed E-state index contributed by atoms with van der Waals surface area (Å²) in [7, 11) is 3.22. The summed E-state index contributed by atoms with van der Waals surface area (Å²) in [4.78, 5) is 20.8. The van der Waals surface area contributed by atoms with Gasteiger partial charge in [0, 0.05) is 34.1 Å². The van der Waals surface area contributed by atoms with Gasteiger partial charge in [-0.2, -0.15) is 0 Å². The second kappa shape index (κ2) is 8.80. The first-order valence-electron chi connectivity index (χ1n) is 10.1. The van der Waals surface area contributed by atoms with E-state index in [9.17, 15) is 4.79 Å². The number of H-pyrrole nitrogens is 1. The highest BCUT2D eigenvalue weighted by Gasteiger charge is 2.16. The van der Waals surface area contributed by atoms with Crippen molar-refractivity contribution in [1.29, 1.82) is 0 Å². The lowest BCUT2D eigenvalue weighted by Crippen LogP contribution is -2.16. The van der Waals surface area contributed by atoms with E-state index in [4.69, 9.17) is 14.5 Å². The van der Waals surface area contributed by atoms with Crippen LogP contribution < -0.4 is 15.0 Å². The minimum atomic E-state index is -0.0846. The molecule has 0 aliphatic heterocycles. The molecule has 0 atom stereocenters. The van der Waals surface area contributed by atoms with Gasteiger partial charge in [0.15, 0.2) is 11.5 Å². The third-order valence-corrected chi connectivity index (χ3v) is 5.67. The van der Waals surface area contributed by atoms with Crippen molar-refractivity contribution in [3.63, 3.8) is 0 Å². The summed E-state index contributed by atoms with van der Waals surface area (Å²) in [5.74, 6) is 1.25. The fraction of sp³-hybridized carbons (Fsp3) is 0.308. The average molecular weight is 419 g/mol. The van der Waals surface area contributed by atoms with E-state index in [1.54, 1.807) is 14.2 Å². The summed E-state index contributed by atoms with van der Waals surface area (Å²) in [6, 6.07) is 12.3. The molecule has 0 aliphatic carbocycles. The molecule has 4 rings (SSSR count). The normalized spacial score (nSPS) is 10.9. The van der Waals surface area contributed by atoms with Gasteiger partial charge in [-0.3, -0.25) is 9.78 Å². The number of nitrogens with zero attached hydrogens (tertiary/aromatic N) is 1. The Morgan fingerprint density at radius 2 is 1.65 bits per heavy atom. The Bertz CT molecular complexity index is 1320. The zero-order chi connectivity index (χ0) is 21.4. The van der Waals surface area contributed by atoms with Crippen molar-refractivity contribution < 1.29 is 9.47 Å². The number of rotatable bonds is 5. The second-order valence-corrected chi connectivity index (χ2v) is 7.63. The van der Waals surface area contributed by atoms with E-state index in [1.165, 1.54) is 5.56 Å². The Kier molecular flexibility index (Phi) is 6.34. The minimum absolute atomic E-state index is 0. The van der Waals surface area contributed by atoms with Gasteiger partial charge in [0.1, 0.15) is 0 Å². The predicted molar refractivity (Wildman–Crippen MR) is 128 cm³/mol. The van der Waals surface area contributed by atoms with Gasteiger partial charge >= 0.3 is 0 Å². The number of aryl methyl sites for hydroxylation is 3. The van der Waals surface area contributed by atoms with Gasteiger partial charge < -0.3 is 14.5 Å². The van der Waals surface area contributed by atoms with Crippen molar-refractivity contribution in [2.75, 3.05) is 14.2 Å². The molecular formula is C26H30N2O3. The zero-order valence-electron chi connectivity index (χ0n) is 18.1. The smallest absolute Gasteiger partial charge is 0.252 e. The Labute approximate surface area is 183 Å². The monoisotopic (exact) mass is 418 g/mol.